The zero-order valence-corrected chi connectivity index (χ0v) is 17.6. The van der Waals surface area contributed by atoms with Crippen LogP contribution in [0.4, 0.5) is 5.69 Å². The number of rotatable bonds is 5. The zero-order valence-electron chi connectivity index (χ0n) is 15.3. The Morgan fingerprint density at radius 2 is 1.70 bits per heavy atom. The predicted octanol–water partition coefficient (Wildman–Crippen LogP) is 4.91. The van der Waals surface area contributed by atoms with Crippen molar-refractivity contribution in [2.75, 3.05) is 38.1 Å². The fourth-order valence-corrected chi connectivity index (χ4v) is 3.87. The van der Waals surface area contributed by atoms with E-state index in [9.17, 15) is 0 Å². The summed E-state index contributed by atoms with van der Waals surface area (Å²) in [7, 11) is 0. The average molecular weight is 424 g/mol. The van der Waals surface area contributed by atoms with Gasteiger partial charge in [0.1, 0.15) is 5.75 Å². The van der Waals surface area contributed by atoms with Crippen molar-refractivity contribution >= 4 is 46.2 Å². The molecule has 0 amide bonds. The van der Waals surface area contributed by atoms with Crippen molar-refractivity contribution in [1.82, 2.24) is 9.80 Å². The number of nitrogens with one attached hydrogen (secondary N) is 1. The molecule has 4 nitrogen and oxygen atoms in total. The van der Waals surface area contributed by atoms with Crippen LogP contribution in [0.2, 0.25) is 10.0 Å². The van der Waals surface area contributed by atoms with E-state index in [-0.39, 0.29) is 0 Å². The van der Waals surface area contributed by atoms with Crippen LogP contribution in [0.15, 0.2) is 42.5 Å². The predicted molar refractivity (Wildman–Crippen MR) is 117 cm³/mol. The van der Waals surface area contributed by atoms with Crippen LogP contribution in [-0.4, -0.2) is 47.7 Å². The lowest BCUT2D eigenvalue weighted by atomic mass is 10.2. The molecule has 1 saturated heterocycles. The molecule has 1 heterocycles. The second-order valence-electron chi connectivity index (χ2n) is 6.32. The molecule has 1 N–H and O–H groups in total. The molecule has 27 heavy (non-hydrogen) atoms. The van der Waals surface area contributed by atoms with Gasteiger partial charge in [0.2, 0.25) is 0 Å². The van der Waals surface area contributed by atoms with E-state index >= 15 is 0 Å². The average Bonchev–Trinajstić information content (AvgIpc) is 2.67. The van der Waals surface area contributed by atoms with E-state index < -0.39 is 0 Å². The van der Waals surface area contributed by atoms with Gasteiger partial charge >= 0.3 is 0 Å². The molecule has 7 heteroatoms. The molecule has 1 aliphatic rings. The van der Waals surface area contributed by atoms with E-state index in [0.717, 1.165) is 64.9 Å². The van der Waals surface area contributed by atoms with Crippen molar-refractivity contribution in [3.63, 3.8) is 0 Å². The summed E-state index contributed by atoms with van der Waals surface area (Å²) in [6, 6.07) is 13.5. The maximum absolute atomic E-state index is 6.29. The molecular formula is C20H23Cl2N3OS. The van der Waals surface area contributed by atoms with E-state index in [2.05, 4.69) is 15.1 Å². The zero-order chi connectivity index (χ0) is 19.2. The molecule has 2 aromatic carbocycles. The molecule has 0 atom stereocenters. The number of ether oxygens (including phenoxy) is 1. The molecule has 0 spiro atoms. The van der Waals surface area contributed by atoms with Gasteiger partial charge in [-0.05, 0) is 43.4 Å². The van der Waals surface area contributed by atoms with E-state index in [0.29, 0.717) is 6.61 Å². The fourth-order valence-electron chi connectivity index (χ4n) is 3.06. The van der Waals surface area contributed by atoms with Crippen LogP contribution in [-0.2, 0) is 6.54 Å². The number of hydrogen-bond acceptors (Lipinski definition) is 3. The fraction of sp³-hybridized carbons (Fsp3) is 0.350. The largest absolute Gasteiger partial charge is 0.492 e. The molecule has 2 aromatic rings. The Morgan fingerprint density at radius 1 is 1.04 bits per heavy atom. The minimum atomic E-state index is 0.620. The van der Waals surface area contributed by atoms with Gasteiger partial charge in [0.05, 0.1) is 12.3 Å². The van der Waals surface area contributed by atoms with Crippen molar-refractivity contribution in [2.24, 2.45) is 0 Å². The summed E-state index contributed by atoms with van der Waals surface area (Å²) >= 11 is 18.2. The number of thiocarbonyl (C=S) groups is 1. The molecule has 1 fully saturated rings. The Labute approximate surface area is 176 Å². The minimum Gasteiger partial charge on any atom is -0.492 e. The molecule has 0 aromatic heterocycles. The second-order valence-corrected chi connectivity index (χ2v) is 7.52. The first kappa shape index (κ1) is 20.2. The summed E-state index contributed by atoms with van der Waals surface area (Å²) in [5.41, 5.74) is 1.88. The third-order valence-corrected chi connectivity index (χ3v) is 5.60. The number of halogens is 2. The number of hydrogen-bond donors (Lipinski definition) is 1. The molecule has 1 aliphatic heterocycles. The van der Waals surface area contributed by atoms with E-state index in [1.54, 1.807) is 0 Å². The summed E-state index contributed by atoms with van der Waals surface area (Å²) in [4.78, 5) is 4.53. The van der Waals surface area contributed by atoms with Crippen molar-refractivity contribution in [2.45, 2.75) is 13.5 Å². The summed E-state index contributed by atoms with van der Waals surface area (Å²) in [5, 5.41) is 5.47. The van der Waals surface area contributed by atoms with Crippen LogP contribution in [0.5, 0.6) is 5.75 Å². The van der Waals surface area contributed by atoms with Crippen molar-refractivity contribution in [3.05, 3.63) is 58.1 Å². The van der Waals surface area contributed by atoms with E-state index in [4.69, 9.17) is 40.2 Å². The molecule has 144 valence electrons. The number of anilines is 1. The Morgan fingerprint density at radius 3 is 2.37 bits per heavy atom. The van der Waals surface area contributed by atoms with Crippen LogP contribution in [0.3, 0.4) is 0 Å². The first-order valence-electron chi connectivity index (χ1n) is 9.01. The molecule has 0 unspecified atom stereocenters. The number of piperazine rings is 1. The van der Waals surface area contributed by atoms with Gasteiger partial charge < -0.3 is 15.0 Å². The minimum absolute atomic E-state index is 0.620. The summed E-state index contributed by atoms with van der Waals surface area (Å²) in [5.74, 6) is 0.814. The van der Waals surface area contributed by atoms with Crippen LogP contribution >= 0.6 is 35.4 Å². The van der Waals surface area contributed by atoms with Crippen molar-refractivity contribution < 1.29 is 4.74 Å². The maximum atomic E-state index is 6.29. The highest BCUT2D eigenvalue weighted by atomic mass is 35.5. The van der Waals surface area contributed by atoms with Gasteiger partial charge in [0, 0.05) is 48.3 Å². The van der Waals surface area contributed by atoms with Gasteiger partial charge in [0.25, 0.3) is 0 Å². The summed E-state index contributed by atoms with van der Waals surface area (Å²) in [6.45, 7) is 6.84. The lowest BCUT2D eigenvalue weighted by molar-refractivity contribution is 0.177. The Hall–Kier alpha value is -1.53. The molecule has 0 aliphatic carbocycles. The quantitative estimate of drug-likeness (QED) is 0.689. The van der Waals surface area contributed by atoms with Gasteiger partial charge in [0.15, 0.2) is 5.11 Å². The molecular weight excluding hydrogens is 401 g/mol. The normalized spacial score (nSPS) is 14.9. The first-order chi connectivity index (χ1) is 13.1. The standard InChI is InChI=1S/C20H23Cl2N3OS/c1-2-26-19-9-4-3-8-18(19)23-20(27)25-12-10-24(11-13-25)14-15-16(21)6-5-7-17(15)22/h3-9H,2,10-14H2,1H3,(H,23,27). The van der Waals surface area contributed by atoms with E-state index in [1.165, 1.54) is 0 Å². The highest BCUT2D eigenvalue weighted by molar-refractivity contribution is 7.80. The van der Waals surface area contributed by atoms with Crippen LogP contribution < -0.4 is 10.1 Å². The van der Waals surface area contributed by atoms with Crippen LogP contribution in [0.1, 0.15) is 12.5 Å². The molecule has 3 rings (SSSR count). The van der Waals surface area contributed by atoms with Crippen molar-refractivity contribution in [1.29, 1.82) is 0 Å². The summed E-state index contributed by atoms with van der Waals surface area (Å²) < 4.78 is 5.66. The second kappa shape index (κ2) is 9.60. The molecule has 0 radical (unpaired) electrons. The topological polar surface area (TPSA) is 27.7 Å². The number of benzene rings is 2. The number of nitrogens with zero attached hydrogens (tertiary/aromatic N) is 2. The SMILES string of the molecule is CCOc1ccccc1NC(=S)N1CCN(Cc2c(Cl)cccc2Cl)CC1. The van der Waals surface area contributed by atoms with Gasteiger partial charge in [-0.3, -0.25) is 4.90 Å². The highest BCUT2D eigenvalue weighted by Crippen LogP contribution is 2.27. The van der Waals surface area contributed by atoms with Gasteiger partial charge in [-0.25, -0.2) is 0 Å². The lowest BCUT2D eigenvalue weighted by Crippen LogP contribution is -2.49. The molecule has 0 bridgehead atoms. The monoisotopic (exact) mass is 423 g/mol. The Balaban J connectivity index is 1.55. The smallest absolute Gasteiger partial charge is 0.173 e. The van der Waals surface area contributed by atoms with E-state index in [1.807, 2.05) is 49.4 Å². The highest BCUT2D eigenvalue weighted by Gasteiger charge is 2.21. The Kier molecular flexibility index (Phi) is 7.19. The van der Waals surface area contributed by atoms with Gasteiger partial charge in [-0.2, -0.15) is 0 Å². The third-order valence-electron chi connectivity index (χ3n) is 4.53. The summed E-state index contributed by atoms with van der Waals surface area (Å²) in [6.07, 6.45) is 0. The van der Waals surface area contributed by atoms with Crippen LogP contribution in [0, 0.1) is 0 Å². The van der Waals surface area contributed by atoms with Gasteiger partial charge in [-0.1, -0.05) is 41.4 Å². The lowest BCUT2D eigenvalue weighted by Gasteiger charge is -2.36. The van der Waals surface area contributed by atoms with Crippen LogP contribution in [0.25, 0.3) is 0 Å². The maximum Gasteiger partial charge on any atom is 0.173 e. The molecule has 0 saturated carbocycles. The number of para-hydroxylation sites is 2. The van der Waals surface area contributed by atoms with Gasteiger partial charge in [-0.15, -0.1) is 0 Å². The van der Waals surface area contributed by atoms with Crippen molar-refractivity contribution in [3.8, 4) is 5.75 Å². The Bertz CT molecular complexity index is 774. The third kappa shape index (κ3) is 5.26. The first-order valence-corrected chi connectivity index (χ1v) is 10.2.